The Labute approximate surface area is 117 Å². The lowest BCUT2D eigenvalue weighted by Crippen LogP contribution is -1.91. The molecule has 0 aromatic heterocycles. The normalized spacial score (nSPS) is 11.2. The van der Waals surface area contributed by atoms with E-state index in [1.807, 2.05) is 6.92 Å². The van der Waals surface area contributed by atoms with Gasteiger partial charge in [0.05, 0.1) is 5.56 Å². The average molecular weight is 277 g/mol. The van der Waals surface area contributed by atoms with E-state index < -0.39 is 5.82 Å². The summed E-state index contributed by atoms with van der Waals surface area (Å²) in [6.45, 7) is 3.64. The molecular weight excluding hydrogens is 263 g/mol. The highest BCUT2D eigenvalue weighted by Crippen LogP contribution is 2.38. The molecule has 0 atom stereocenters. The van der Waals surface area contributed by atoms with Crippen molar-refractivity contribution in [2.75, 3.05) is 0 Å². The summed E-state index contributed by atoms with van der Waals surface area (Å²) in [5.41, 5.74) is 2.12. The van der Waals surface area contributed by atoms with Crippen molar-refractivity contribution in [3.63, 3.8) is 0 Å². The Morgan fingerprint density at radius 2 is 1.95 bits per heavy atom. The predicted octanol–water partition coefficient (Wildman–Crippen LogP) is 5.19. The lowest BCUT2D eigenvalue weighted by molar-refractivity contribution is 0.470. The number of phenolic OH excluding ortho intramolecular Hbond substituents is 1. The Balaban J connectivity index is 2.74. The van der Waals surface area contributed by atoms with Crippen LogP contribution in [0.4, 0.5) is 4.39 Å². The molecule has 3 heteroatoms. The Hall–Kier alpha value is -1.80. The van der Waals surface area contributed by atoms with Crippen molar-refractivity contribution in [1.29, 1.82) is 0 Å². The standard InChI is InChI=1S/C16H14ClFO/c1-3-5-11-8-9-14(18)15(16(11)19)12-6-4-7-13(17)10(12)2/h3-9,19H,1-2H3. The monoisotopic (exact) mass is 276 g/mol. The summed E-state index contributed by atoms with van der Waals surface area (Å²) in [5.74, 6) is -0.528. The maximum absolute atomic E-state index is 14.0. The first-order valence-electron chi connectivity index (χ1n) is 5.96. The summed E-state index contributed by atoms with van der Waals surface area (Å²) in [5, 5.41) is 10.8. The SMILES string of the molecule is CC=Cc1ccc(F)c(-c2cccc(Cl)c2C)c1O. The minimum Gasteiger partial charge on any atom is -0.507 e. The third kappa shape index (κ3) is 2.49. The van der Waals surface area contributed by atoms with E-state index in [4.69, 9.17) is 11.6 Å². The van der Waals surface area contributed by atoms with Crippen LogP contribution in [0.2, 0.25) is 5.02 Å². The van der Waals surface area contributed by atoms with Crippen LogP contribution in [0.25, 0.3) is 17.2 Å². The molecule has 0 radical (unpaired) electrons. The van der Waals surface area contributed by atoms with Crippen molar-refractivity contribution >= 4 is 17.7 Å². The maximum atomic E-state index is 14.0. The van der Waals surface area contributed by atoms with E-state index in [1.165, 1.54) is 6.07 Å². The summed E-state index contributed by atoms with van der Waals surface area (Å²) < 4.78 is 14.0. The summed E-state index contributed by atoms with van der Waals surface area (Å²) >= 11 is 6.05. The highest BCUT2D eigenvalue weighted by atomic mass is 35.5. The molecule has 0 fully saturated rings. The number of aromatic hydroxyl groups is 1. The van der Waals surface area contributed by atoms with E-state index in [9.17, 15) is 9.50 Å². The second-order valence-electron chi connectivity index (χ2n) is 4.27. The number of benzene rings is 2. The van der Waals surface area contributed by atoms with Crippen LogP contribution in [0.5, 0.6) is 5.75 Å². The van der Waals surface area contributed by atoms with Gasteiger partial charge in [-0.2, -0.15) is 0 Å². The van der Waals surface area contributed by atoms with Crippen LogP contribution in [0.3, 0.4) is 0 Å². The second kappa shape index (κ2) is 5.45. The van der Waals surface area contributed by atoms with Crippen LogP contribution in [-0.4, -0.2) is 5.11 Å². The van der Waals surface area contributed by atoms with Crippen LogP contribution in [0, 0.1) is 12.7 Å². The molecule has 0 heterocycles. The Morgan fingerprint density at radius 3 is 2.63 bits per heavy atom. The van der Waals surface area contributed by atoms with Gasteiger partial charge in [0.1, 0.15) is 11.6 Å². The maximum Gasteiger partial charge on any atom is 0.134 e. The van der Waals surface area contributed by atoms with Crippen molar-refractivity contribution in [2.45, 2.75) is 13.8 Å². The van der Waals surface area contributed by atoms with Gasteiger partial charge >= 0.3 is 0 Å². The molecule has 2 rings (SSSR count). The van der Waals surface area contributed by atoms with Crippen molar-refractivity contribution in [1.82, 2.24) is 0 Å². The Bertz CT molecular complexity index is 647. The van der Waals surface area contributed by atoms with Crippen molar-refractivity contribution in [2.24, 2.45) is 0 Å². The average Bonchev–Trinajstić information content (AvgIpc) is 2.38. The summed E-state index contributed by atoms with van der Waals surface area (Å²) in [7, 11) is 0. The number of rotatable bonds is 2. The third-order valence-corrected chi connectivity index (χ3v) is 3.45. The topological polar surface area (TPSA) is 20.2 Å². The van der Waals surface area contributed by atoms with Crippen LogP contribution < -0.4 is 0 Å². The lowest BCUT2D eigenvalue weighted by atomic mass is 9.96. The predicted molar refractivity (Wildman–Crippen MR) is 78.0 cm³/mol. The lowest BCUT2D eigenvalue weighted by Gasteiger charge is -2.12. The van der Waals surface area contributed by atoms with Crippen molar-refractivity contribution < 1.29 is 9.50 Å². The fourth-order valence-corrected chi connectivity index (χ4v) is 2.21. The minimum atomic E-state index is -0.462. The second-order valence-corrected chi connectivity index (χ2v) is 4.68. The molecule has 0 aliphatic carbocycles. The summed E-state index contributed by atoms with van der Waals surface area (Å²) in [6, 6.07) is 8.13. The first-order valence-corrected chi connectivity index (χ1v) is 6.33. The molecule has 0 saturated carbocycles. The molecule has 0 bridgehead atoms. The third-order valence-electron chi connectivity index (χ3n) is 3.04. The first kappa shape index (κ1) is 13.6. The molecule has 1 nitrogen and oxygen atoms in total. The van der Waals surface area contributed by atoms with E-state index in [-0.39, 0.29) is 11.3 Å². The molecular formula is C16H14ClFO. The van der Waals surface area contributed by atoms with Crippen LogP contribution in [-0.2, 0) is 0 Å². The van der Waals surface area contributed by atoms with Gasteiger partial charge in [0.15, 0.2) is 0 Å². The molecule has 2 aromatic rings. The van der Waals surface area contributed by atoms with E-state index in [1.54, 1.807) is 43.3 Å². The van der Waals surface area contributed by atoms with Gasteiger partial charge < -0.3 is 5.11 Å². The number of halogens is 2. The molecule has 0 spiro atoms. The van der Waals surface area contributed by atoms with Gasteiger partial charge in [0.25, 0.3) is 0 Å². The largest absolute Gasteiger partial charge is 0.507 e. The van der Waals surface area contributed by atoms with Gasteiger partial charge in [-0.05, 0) is 43.2 Å². The van der Waals surface area contributed by atoms with E-state index in [2.05, 4.69) is 0 Å². The van der Waals surface area contributed by atoms with Gasteiger partial charge in [-0.1, -0.05) is 35.9 Å². The molecule has 0 aliphatic rings. The number of hydrogen-bond acceptors (Lipinski definition) is 1. The zero-order valence-electron chi connectivity index (χ0n) is 10.7. The van der Waals surface area contributed by atoms with Gasteiger partial charge in [0, 0.05) is 10.6 Å². The van der Waals surface area contributed by atoms with Gasteiger partial charge in [-0.25, -0.2) is 4.39 Å². The minimum absolute atomic E-state index is 0.0662. The Morgan fingerprint density at radius 1 is 1.21 bits per heavy atom. The number of allylic oxidation sites excluding steroid dienone is 1. The quantitative estimate of drug-likeness (QED) is 0.800. The molecule has 98 valence electrons. The Kier molecular flexibility index (Phi) is 3.91. The van der Waals surface area contributed by atoms with E-state index >= 15 is 0 Å². The fraction of sp³-hybridized carbons (Fsp3) is 0.125. The smallest absolute Gasteiger partial charge is 0.134 e. The molecule has 0 unspecified atom stereocenters. The highest BCUT2D eigenvalue weighted by molar-refractivity contribution is 6.31. The van der Waals surface area contributed by atoms with Gasteiger partial charge in [-0.15, -0.1) is 0 Å². The summed E-state index contributed by atoms with van der Waals surface area (Å²) in [4.78, 5) is 0. The molecule has 0 amide bonds. The van der Waals surface area contributed by atoms with Crippen molar-refractivity contribution in [3.05, 3.63) is 58.4 Å². The van der Waals surface area contributed by atoms with E-state index in [0.717, 1.165) is 5.56 Å². The summed E-state index contributed by atoms with van der Waals surface area (Å²) in [6.07, 6.45) is 3.53. The molecule has 0 aliphatic heterocycles. The van der Waals surface area contributed by atoms with E-state index in [0.29, 0.717) is 16.1 Å². The zero-order chi connectivity index (χ0) is 14.0. The van der Waals surface area contributed by atoms with Crippen LogP contribution >= 0.6 is 11.6 Å². The molecule has 1 N–H and O–H groups in total. The van der Waals surface area contributed by atoms with Gasteiger partial charge in [0.2, 0.25) is 0 Å². The van der Waals surface area contributed by atoms with Crippen molar-refractivity contribution in [3.8, 4) is 16.9 Å². The van der Waals surface area contributed by atoms with Crippen LogP contribution in [0.15, 0.2) is 36.4 Å². The number of hydrogen-bond donors (Lipinski definition) is 1. The highest BCUT2D eigenvalue weighted by Gasteiger charge is 2.16. The van der Waals surface area contributed by atoms with Gasteiger partial charge in [-0.3, -0.25) is 0 Å². The molecule has 0 saturated heterocycles. The van der Waals surface area contributed by atoms with Crippen LogP contribution in [0.1, 0.15) is 18.1 Å². The zero-order valence-corrected chi connectivity index (χ0v) is 11.5. The number of phenols is 1. The first-order chi connectivity index (χ1) is 9.06. The molecule has 19 heavy (non-hydrogen) atoms. The fourth-order valence-electron chi connectivity index (χ4n) is 2.03. The molecule has 2 aromatic carbocycles.